The van der Waals surface area contributed by atoms with Crippen LogP contribution < -0.4 is 5.73 Å². The van der Waals surface area contributed by atoms with Crippen LogP contribution in [0.2, 0.25) is 5.15 Å². The summed E-state index contributed by atoms with van der Waals surface area (Å²) in [6.07, 6.45) is 0. The fourth-order valence-corrected chi connectivity index (χ4v) is 1.06. The predicted octanol–water partition coefficient (Wildman–Crippen LogP) is 1.95. The van der Waals surface area contributed by atoms with Crippen LogP contribution in [0.5, 0.6) is 0 Å². The first-order valence-electron chi connectivity index (χ1n) is 2.66. The van der Waals surface area contributed by atoms with E-state index < -0.39 is 0 Å². The average molecular weight is 232 g/mol. The molecule has 0 aliphatic carbocycles. The van der Waals surface area contributed by atoms with Crippen LogP contribution in [0.15, 0.2) is 10.5 Å². The van der Waals surface area contributed by atoms with E-state index in [1.165, 1.54) is 6.07 Å². The molecule has 56 valence electrons. The zero-order valence-corrected chi connectivity index (χ0v) is 7.65. The molecule has 0 amide bonds. The third kappa shape index (κ3) is 1.62. The minimum atomic E-state index is 0.133. The van der Waals surface area contributed by atoms with Gasteiger partial charge in [-0.05, 0) is 22.0 Å². The fraction of sp³-hybridized carbons (Fsp3) is 0. The van der Waals surface area contributed by atoms with Crippen molar-refractivity contribution in [2.24, 2.45) is 0 Å². The summed E-state index contributed by atoms with van der Waals surface area (Å²) < 4.78 is 0.582. The summed E-state index contributed by atoms with van der Waals surface area (Å²) in [5.74, 6) is 0.286. The van der Waals surface area contributed by atoms with Crippen molar-refractivity contribution in [3.05, 3.63) is 21.3 Å². The van der Waals surface area contributed by atoms with Gasteiger partial charge in [-0.25, -0.2) is 4.98 Å². The van der Waals surface area contributed by atoms with Gasteiger partial charge in [0.25, 0.3) is 0 Å². The lowest BCUT2D eigenvalue weighted by atomic mass is 10.3. The summed E-state index contributed by atoms with van der Waals surface area (Å²) in [5.41, 5.74) is 5.71. The van der Waals surface area contributed by atoms with Gasteiger partial charge in [-0.3, -0.25) is 0 Å². The number of hydrogen-bond acceptors (Lipinski definition) is 3. The van der Waals surface area contributed by atoms with Crippen LogP contribution in [0.25, 0.3) is 0 Å². The van der Waals surface area contributed by atoms with Crippen molar-refractivity contribution in [2.45, 2.75) is 0 Å². The number of aromatic nitrogens is 1. The minimum Gasteiger partial charge on any atom is -0.383 e. The first-order chi connectivity index (χ1) is 5.15. The van der Waals surface area contributed by atoms with Gasteiger partial charge in [0.1, 0.15) is 17.0 Å². The van der Waals surface area contributed by atoms with Crippen molar-refractivity contribution in [3.8, 4) is 6.07 Å². The van der Waals surface area contributed by atoms with E-state index in [9.17, 15) is 0 Å². The Bertz CT molecular complexity index is 331. The van der Waals surface area contributed by atoms with E-state index in [1.807, 2.05) is 6.07 Å². The third-order valence-corrected chi connectivity index (χ3v) is 2.00. The Morgan fingerprint density at radius 1 is 1.73 bits per heavy atom. The molecule has 5 heteroatoms. The van der Waals surface area contributed by atoms with Gasteiger partial charge in [0.2, 0.25) is 0 Å². The molecule has 1 rings (SSSR count). The van der Waals surface area contributed by atoms with E-state index in [0.29, 0.717) is 10.0 Å². The van der Waals surface area contributed by atoms with Gasteiger partial charge in [-0.15, -0.1) is 0 Å². The quantitative estimate of drug-likeness (QED) is 0.696. The highest BCUT2D eigenvalue weighted by molar-refractivity contribution is 9.10. The molecular formula is C6H3BrClN3. The molecule has 0 aliphatic heterocycles. The van der Waals surface area contributed by atoms with Gasteiger partial charge in [-0.1, -0.05) is 11.6 Å². The Balaban J connectivity index is 3.35. The number of nitriles is 1. The van der Waals surface area contributed by atoms with Crippen LogP contribution in [0, 0.1) is 11.3 Å². The van der Waals surface area contributed by atoms with Gasteiger partial charge < -0.3 is 5.73 Å². The number of rotatable bonds is 0. The second-order valence-corrected chi connectivity index (χ2v) is 3.02. The van der Waals surface area contributed by atoms with Crippen LogP contribution >= 0.6 is 27.5 Å². The Morgan fingerprint density at radius 2 is 2.36 bits per heavy atom. The maximum atomic E-state index is 8.50. The van der Waals surface area contributed by atoms with Gasteiger partial charge >= 0.3 is 0 Å². The van der Waals surface area contributed by atoms with Crippen LogP contribution in [-0.2, 0) is 0 Å². The second kappa shape index (κ2) is 3.07. The number of nitrogens with zero attached hydrogens (tertiary/aromatic N) is 2. The number of halogens is 2. The Hall–Kier alpha value is -0.790. The molecule has 0 aliphatic rings. The van der Waals surface area contributed by atoms with Crippen LogP contribution in [0.1, 0.15) is 5.56 Å². The molecule has 0 saturated carbocycles. The maximum absolute atomic E-state index is 8.50. The van der Waals surface area contributed by atoms with E-state index in [1.54, 1.807) is 0 Å². The van der Waals surface area contributed by atoms with Crippen molar-refractivity contribution < 1.29 is 0 Å². The average Bonchev–Trinajstić information content (AvgIpc) is 1.97. The largest absolute Gasteiger partial charge is 0.383 e. The first-order valence-corrected chi connectivity index (χ1v) is 3.84. The number of nitrogen functional groups attached to an aromatic ring is 1. The van der Waals surface area contributed by atoms with Gasteiger partial charge in [0.05, 0.1) is 10.0 Å². The normalized spacial score (nSPS) is 9.18. The van der Waals surface area contributed by atoms with Gasteiger partial charge in [-0.2, -0.15) is 5.26 Å². The minimum absolute atomic E-state index is 0.133. The second-order valence-electron chi connectivity index (χ2n) is 1.81. The Labute approximate surface area is 76.9 Å². The molecule has 1 heterocycles. The molecule has 1 aromatic heterocycles. The number of pyridine rings is 1. The first kappa shape index (κ1) is 8.31. The molecule has 1 aromatic rings. The van der Waals surface area contributed by atoms with E-state index in [0.717, 1.165) is 0 Å². The summed E-state index contributed by atoms with van der Waals surface area (Å²) in [4.78, 5) is 3.72. The van der Waals surface area contributed by atoms with Crippen molar-refractivity contribution in [1.82, 2.24) is 4.98 Å². The molecule has 0 radical (unpaired) electrons. The summed E-state index contributed by atoms with van der Waals surface area (Å²) in [5, 5.41) is 8.63. The molecule has 0 fully saturated rings. The fourth-order valence-electron chi connectivity index (χ4n) is 0.558. The van der Waals surface area contributed by atoms with Gasteiger partial charge in [0.15, 0.2) is 0 Å². The van der Waals surface area contributed by atoms with Crippen LogP contribution in [-0.4, -0.2) is 4.98 Å². The molecule has 2 N–H and O–H groups in total. The van der Waals surface area contributed by atoms with E-state index >= 15 is 0 Å². The Kier molecular flexibility index (Phi) is 2.32. The molecule has 0 atom stereocenters. The van der Waals surface area contributed by atoms with E-state index in [-0.39, 0.29) is 11.0 Å². The smallest absolute Gasteiger partial charge is 0.149 e. The molecule has 0 saturated heterocycles. The molecule has 3 nitrogen and oxygen atoms in total. The molecular weight excluding hydrogens is 229 g/mol. The number of nitrogens with two attached hydrogens (primary N) is 1. The molecule has 0 bridgehead atoms. The molecule has 11 heavy (non-hydrogen) atoms. The summed E-state index contributed by atoms with van der Waals surface area (Å²) >= 11 is 8.69. The summed E-state index contributed by atoms with van der Waals surface area (Å²) in [6, 6.07) is 3.42. The lowest BCUT2D eigenvalue weighted by Gasteiger charge is -1.98. The zero-order chi connectivity index (χ0) is 8.43. The topological polar surface area (TPSA) is 62.7 Å². The van der Waals surface area contributed by atoms with E-state index in [2.05, 4.69) is 20.9 Å². The lowest BCUT2D eigenvalue weighted by molar-refractivity contribution is 1.29. The van der Waals surface area contributed by atoms with Gasteiger partial charge in [0, 0.05) is 0 Å². The molecule has 0 aromatic carbocycles. The van der Waals surface area contributed by atoms with Crippen molar-refractivity contribution in [1.29, 1.82) is 5.26 Å². The molecule has 0 spiro atoms. The highest BCUT2D eigenvalue weighted by atomic mass is 79.9. The maximum Gasteiger partial charge on any atom is 0.149 e. The summed E-state index contributed by atoms with van der Waals surface area (Å²) in [6.45, 7) is 0. The lowest BCUT2D eigenvalue weighted by Crippen LogP contribution is -1.93. The standard InChI is InChI=1S/C6H3BrClN3/c7-4-1-3(2-9)5(8)11-6(4)10/h1H,(H2,10,11). The zero-order valence-electron chi connectivity index (χ0n) is 5.31. The Morgan fingerprint density at radius 3 is 2.91 bits per heavy atom. The number of hydrogen-bond donors (Lipinski definition) is 1. The highest BCUT2D eigenvalue weighted by Gasteiger charge is 2.04. The SMILES string of the molecule is N#Cc1cc(Br)c(N)nc1Cl. The van der Waals surface area contributed by atoms with Crippen molar-refractivity contribution in [2.75, 3.05) is 5.73 Å². The predicted molar refractivity (Wildman–Crippen MR) is 46.1 cm³/mol. The molecule has 0 unspecified atom stereocenters. The number of anilines is 1. The van der Waals surface area contributed by atoms with Crippen molar-refractivity contribution in [3.63, 3.8) is 0 Å². The monoisotopic (exact) mass is 231 g/mol. The van der Waals surface area contributed by atoms with E-state index in [4.69, 9.17) is 22.6 Å². The van der Waals surface area contributed by atoms with Crippen LogP contribution in [0.4, 0.5) is 5.82 Å². The summed E-state index contributed by atoms with van der Waals surface area (Å²) in [7, 11) is 0. The highest BCUT2D eigenvalue weighted by Crippen LogP contribution is 2.22. The van der Waals surface area contributed by atoms with Crippen molar-refractivity contribution >= 4 is 33.3 Å². The third-order valence-electron chi connectivity index (χ3n) is 1.08. The van der Waals surface area contributed by atoms with Crippen LogP contribution in [0.3, 0.4) is 0 Å².